The summed E-state index contributed by atoms with van der Waals surface area (Å²) in [6.07, 6.45) is -10.9. The van der Waals surface area contributed by atoms with Crippen LogP contribution in [0.4, 0.5) is 48.3 Å². The summed E-state index contributed by atoms with van der Waals surface area (Å²) >= 11 is 0. The molecule has 0 heterocycles. The van der Waals surface area contributed by atoms with Crippen molar-refractivity contribution in [2.24, 2.45) is 0 Å². The number of esters is 1. The number of rotatable bonds is 9. The fraction of sp³-hybridized carbons (Fsp3) is 0.769. The van der Waals surface area contributed by atoms with Crippen LogP contribution in [0, 0.1) is 0 Å². The second-order valence-electron chi connectivity index (χ2n) is 5.30. The summed E-state index contributed by atoms with van der Waals surface area (Å²) < 4.78 is 144. The molecule has 0 fully saturated rings. The number of unbranched alkanes of at least 4 members (excludes halogenated alkanes) is 1. The molecule has 13 heteroatoms. The molecular formula is C13H13F11O2. The van der Waals surface area contributed by atoms with E-state index in [1.807, 2.05) is 0 Å². The Bertz CT molecular complexity index is 523. The first-order valence-corrected chi connectivity index (χ1v) is 6.73. The summed E-state index contributed by atoms with van der Waals surface area (Å²) in [6, 6.07) is 0. The molecule has 0 N–H and O–H groups in total. The highest BCUT2D eigenvalue weighted by atomic mass is 19.4. The van der Waals surface area contributed by atoms with Gasteiger partial charge in [-0.05, 0) is 19.8 Å². The van der Waals surface area contributed by atoms with Crippen molar-refractivity contribution in [1.29, 1.82) is 0 Å². The van der Waals surface area contributed by atoms with Crippen LogP contribution in [0.15, 0.2) is 12.2 Å². The Morgan fingerprint density at radius 3 is 1.65 bits per heavy atom. The van der Waals surface area contributed by atoms with Gasteiger partial charge in [-0.3, -0.25) is 0 Å². The van der Waals surface area contributed by atoms with Crippen molar-refractivity contribution in [1.82, 2.24) is 0 Å². The number of ether oxygens (including phenoxy) is 1. The molecule has 0 aromatic rings. The van der Waals surface area contributed by atoms with Gasteiger partial charge >= 0.3 is 35.8 Å². The molecule has 154 valence electrons. The molecule has 0 aromatic carbocycles. The first-order chi connectivity index (χ1) is 11.3. The minimum absolute atomic E-state index is 0.0871. The molecule has 0 spiro atoms. The van der Waals surface area contributed by atoms with E-state index in [1.165, 1.54) is 6.92 Å². The maximum atomic E-state index is 13.3. The summed E-state index contributed by atoms with van der Waals surface area (Å²) in [7, 11) is 0. The normalized spacial score (nSPS) is 14.3. The molecule has 0 radical (unpaired) electrons. The Kier molecular flexibility index (Phi) is 7.13. The molecule has 2 nitrogen and oxygen atoms in total. The van der Waals surface area contributed by atoms with E-state index in [2.05, 4.69) is 11.3 Å². The molecule has 0 aliphatic heterocycles. The van der Waals surface area contributed by atoms with Crippen LogP contribution < -0.4 is 0 Å². The van der Waals surface area contributed by atoms with Gasteiger partial charge in [0, 0.05) is 12.0 Å². The predicted molar refractivity (Wildman–Crippen MR) is 65.5 cm³/mol. The van der Waals surface area contributed by atoms with E-state index in [0.717, 1.165) is 0 Å². The lowest BCUT2D eigenvalue weighted by Crippen LogP contribution is -2.66. The summed E-state index contributed by atoms with van der Waals surface area (Å²) in [4.78, 5) is 10.9. The third kappa shape index (κ3) is 4.58. The fourth-order valence-electron chi connectivity index (χ4n) is 1.50. The van der Waals surface area contributed by atoms with E-state index in [9.17, 15) is 53.1 Å². The minimum Gasteiger partial charge on any atom is -0.462 e. The van der Waals surface area contributed by atoms with Gasteiger partial charge < -0.3 is 4.74 Å². The van der Waals surface area contributed by atoms with Crippen molar-refractivity contribution in [3.63, 3.8) is 0 Å². The van der Waals surface area contributed by atoms with Crippen molar-refractivity contribution in [2.75, 3.05) is 6.61 Å². The lowest BCUT2D eigenvalue weighted by molar-refractivity contribution is -0.422. The van der Waals surface area contributed by atoms with E-state index >= 15 is 0 Å². The second kappa shape index (κ2) is 7.59. The molecule has 0 aliphatic rings. The van der Waals surface area contributed by atoms with Crippen molar-refractivity contribution in [3.05, 3.63) is 12.2 Å². The molecule has 0 amide bonds. The van der Waals surface area contributed by atoms with E-state index < -0.39 is 61.7 Å². The Balaban J connectivity index is 5.09. The van der Waals surface area contributed by atoms with Crippen molar-refractivity contribution >= 4 is 5.97 Å². The number of hydrogen-bond acceptors (Lipinski definition) is 2. The van der Waals surface area contributed by atoms with Gasteiger partial charge in [-0.25, -0.2) is 4.79 Å². The van der Waals surface area contributed by atoms with Gasteiger partial charge in [0.1, 0.15) is 0 Å². The average molecular weight is 410 g/mol. The van der Waals surface area contributed by atoms with Crippen LogP contribution in [0.5, 0.6) is 0 Å². The lowest BCUT2D eigenvalue weighted by Gasteiger charge is -2.37. The van der Waals surface area contributed by atoms with Gasteiger partial charge in [0.15, 0.2) is 0 Å². The topological polar surface area (TPSA) is 26.3 Å². The van der Waals surface area contributed by atoms with Gasteiger partial charge in [0.05, 0.1) is 6.61 Å². The van der Waals surface area contributed by atoms with Crippen LogP contribution in [0.1, 0.15) is 26.2 Å². The van der Waals surface area contributed by atoms with Crippen molar-refractivity contribution in [2.45, 2.75) is 56.1 Å². The molecule has 26 heavy (non-hydrogen) atoms. The van der Waals surface area contributed by atoms with E-state index in [1.54, 1.807) is 0 Å². The maximum Gasteiger partial charge on any atom is 0.460 e. The molecule has 0 unspecified atom stereocenters. The zero-order chi connectivity index (χ0) is 21.2. The molecule has 0 bridgehead atoms. The third-order valence-corrected chi connectivity index (χ3v) is 3.07. The summed E-state index contributed by atoms with van der Waals surface area (Å²) in [5.41, 5.74) is -0.0871. The minimum atomic E-state index is -7.39. The molecule has 0 aromatic heterocycles. The Hall–Kier alpha value is -1.56. The quantitative estimate of drug-likeness (QED) is 0.221. The Morgan fingerprint density at radius 1 is 0.808 bits per heavy atom. The smallest absolute Gasteiger partial charge is 0.460 e. The van der Waals surface area contributed by atoms with Crippen LogP contribution in [0.25, 0.3) is 0 Å². The van der Waals surface area contributed by atoms with E-state index in [0.29, 0.717) is 0 Å². The van der Waals surface area contributed by atoms with E-state index in [4.69, 9.17) is 0 Å². The highest BCUT2D eigenvalue weighted by Crippen LogP contribution is 2.58. The van der Waals surface area contributed by atoms with Gasteiger partial charge in [-0.1, -0.05) is 6.58 Å². The van der Waals surface area contributed by atoms with Gasteiger partial charge in [-0.2, -0.15) is 48.3 Å². The number of carbonyl (C=O) groups excluding carboxylic acids is 1. The third-order valence-electron chi connectivity index (χ3n) is 3.07. The second-order valence-corrected chi connectivity index (χ2v) is 5.30. The Morgan fingerprint density at radius 2 is 1.27 bits per heavy atom. The lowest BCUT2D eigenvalue weighted by atomic mass is 9.95. The zero-order valence-corrected chi connectivity index (χ0v) is 13.0. The highest BCUT2D eigenvalue weighted by Gasteiger charge is 2.86. The van der Waals surface area contributed by atoms with E-state index in [-0.39, 0.29) is 5.57 Å². The molecule has 0 atom stereocenters. The zero-order valence-electron chi connectivity index (χ0n) is 13.0. The standard InChI is InChI=1S/C13H13F11O2/c1-7(2)8(25)26-6-4-3-5-9(14,15)10(16,17)11(18,19)12(20,21)13(22,23)24/h1,3-6H2,2H3. The SMILES string of the molecule is C=C(C)C(=O)OCCCCC(F)(F)C(F)(F)C(F)(F)C(F)(F)C(F)(F)F. The number of alkyl halides is 11. The van der Waals surface area contributed by atoms with Crippen molar-refractivity contribution in [3.8, 4) is 0 Å². The van der Waals surface area contributed by atoms with Crippen LogP contribution in [-0.4, -0.2) is 42.4 Å². The van der Waals surface area contributed by atoms with Gasteiger partial charge in [-0.15, -0.1) is 0 Å². The first-order valence-electron chi connectivity index (χ1n) is 6.73. The molecule has 0 aliphatic carbocycles. The average Bonchev–Trinajstić information content (AvgIpc) is 2.44. The van der Waals surface area contributed by atoms with Gasteiger partial charge in [0.25, 0.3) is 0 Å². The molecule has 0 rings (SSSR count). The molecular weight excluding hydrogens is 397 g/mol. The molecule has 0 saturated heterocycles. The summed E-state index contributed by atoms with van der Waals surface area (Å²) in [5, 5.41) is 0. The Labute approximate surface area is 140 Å². The largest absolute Gasteiger partial charge is 0.462 e. The predicted octanol–water partition coefficient (Wildman–Crippen LogP) is 5.38. The fourth-order valence-corrected chi connectivity index (χ4v) is 1.50. The monoisotopic (exact) mass is 410 g/mol. The van der Waals surface area contributed by atoms with Crippen LogP contribution >= 0.6 is 0 Å². The number of carbonyl (C=O) groups is 1. The maximum absolute atomic E-state index is 13.3. The summed E-state index contributed by atoms with van der Waals surface area (Å²) in [6.45, 7) is 3.77. The van der Waals surface area contributed by atoms with Crippen LogP contribution in [0.3, 0.4) is 0 Å². The summed E-state index contributed by atoms with van der Waals surface area (Å²) in [5.74, 6) is -28.6. The van der Waals surface area contributed by atoms with Crippen molar-refractivity contribution < 1.29 is 57.8 Å². The first kappa shape index (κ1) is 24.4. The number of halogens is 11. The number of hydrogen-bond donors (Lipinski definition) is 0. The van der Waals surface area contributed by atoms with Crippen LogP contribution in [-0.2, 0) is 9.53 Å². The van der Waals surface area contributed by atoms with Crippen LogP contribution in [0.2, 0.25) is 0 Å². The van der Waals surface area contributed by atoms with Gasteiger partial charge in [0.2, 0.25) is 0 Å². The molecule has 0 saturated carbocycles. The highest BCUT2D eigenvalue weighted by molar-refractivity contribution is 5.86.